The molecule has 2 saturated carbocycles. The van der Waals surface area contributed by atoms with E-state index in [0.717, 1.165) is 37.2 Å². The molecule has 2 fully saturated rings. The predicted octanol–water partition coefficient (Wildman–Crippen LogP) is 3.04. The molecule has 0 spiro atoms. The first kappa shape index (κ1) is 12.0. The highest BCUT2D eigenvalue weighted by Gasteiger charge is 2.38. The molecule has 0 aliphatic heterocycles. The van der Waals surface area contributed by atoms with Gasteiger partial charge in [-0.2, -0.15) is 0 Å². The molecule has 0 unspecified atom stereocenters. The second-order valence-electron chi connectivity index (χ2n) is 5.90. The van der Waals surface area contributed by atoms with Gasteiger partial charge in [0.1, 0.15) is 11.6 Å². The normalized spacial score (nSPS) is 21.4. The highest BCUT2D eigenvalue weighted by atomic mass is 19.1. The molecule has 18 heavy (non-hydrogen) atoms. The van der Waals surface area contributed by atoms with Crippen molar-refractivity contribution in [3.63, 3.8) is 0 Å². The van der Waals surface area contributed by atoms with Crippen LogP contribution < -0.4 is 10.5 Å². The van der Waals surface area contributed by atoms with Crippen molar-refractivity contribution in [2.45, 2.75) is 44.1 Å². The van der Waals surface area contributed by atoms with Gasteiger partial charge in [-0.1, -0.05) is 6.42 Å². The summed E-state index contributed by atoms with van der Waals surface area (Å²) in [5, 5.41) is 0. The average Bonchev–Trinajstić information content (AvgIpc) is 2.97. The van der Waals surface area contributed by atoms with Crippen LogP contribution in [-0.2, 0) is 6.42 Å². The van der Waals surface area contributed by atoms with E-state index >= 15 is 0 Å². The van der Waals surface area contributed by atoms with Gasteiger partial charge in [-0.3, -0.25) is 0 Å². The van der Waals surface area contributed by atoms with Gasteiger partial charge in [-0.15, -0.1) is 0 Å². The van der Waals surface area contributed by atoms with E-state index < -0.39 is 0 Å². The Morgan fingerprint density at radius 3 is 2.72 bits per heavy atom. The SMILES string of the molecule is NC1(Cc2cc(F)ccc2OCC2CCC2)CC1. The van der Waals surface area contributed by atoms with Crippen molar-refractivity contribution in [1.82, 2.24) is 0 Å². The van der Waals surface area contributed by atoms with Gasteiger partial charge in [-0.25, -0.2) is 4.39 Å². The van der Waals surface area contributed by atoms with E-state index in [1.165, 1.54) is 25.3 Å². The summed E-state index contributed by atoms with van der Waals surface area (Å²) < 4.78 is 19.2. The van der Waals surface area contributed by atoms with Crippen LogP contribution in [0.3, 0.4) is 0 Å². The number of halogens is 1. The number of benzene rings is 1. The van der Waals surface area contributed by atoms with E-state index in [0.29, 0.717) is 5.92 Å². The van der Waals surface area contributed by atoms with Gasteiger partial charge >= 0.3 is 0 Å². The molecule has 0 atom stereocenters. The molecule has 2 aliphatic carbocycles. The van der Waals surface area contributed by atoms with Crippen LogP contribution in [0, 0.1) is 11.7 Å². The molecule has 0 bridgehead atoms. The van der Waals surface area contributed by atoms with Crippen LogP contribution in [0.25, 0.3) is 0 Å². The third kappa shape index (κ3) is 2.66. The Labute approximate surface area is 107 Å². The van der Waals surface area contributed by atoms with Crippen molar-refractivity contribution in [1.29, 1.82) is 0 Å². The monoisotopic (exact) mass is 249 g/mol. The molecule has 0 saturated heterocycles. The lowest BCUT2D eigenvalue weighted by Crippen LogP contribution is -2.25. The Balaban J connectivity index is 1.69. The number of hydrogen-bond acceptors (Lipinski definition) is 2. The third-order valence-corrected chi connectivity index (χ3v) is 4.16. The van der Waals surface area contributed by atoms with Gasteiger partial charge < -0.3 is 10.5 Å². The summed E-state index contributed by atoms with van der Waals surface area (Å²) in [4.78, 5) is 0. The Bertz CT molecular complexity index is 438. The van der Waals surface area contributed by atoms with Crippen LogP contribution in [0.5, 0.6) is 5.75 Å². The lowest BCUT2D eigenvalue weighted by Gasteiger charge is -2.26. The Morgan fingerprint density at radius 1 is 1.33 bits per heavy atom. The van der Waals surface area contributed by atoms with E-state index in [4.69, 9.17) is 10.5 Å². The predicted molar refractivity (Wildman–Crippen MR) is 69.1 cm³/mol. The minimum atomic E-state index is -0.203. The number of rotatable bonds is 5. The topological polar surface area (TPSA) is 35.2 Å². The maximum Gasteiger partial charge on any atom is 0.123 e. The summed E-state index contributed by atoms with van der Waals surface area (Å²) in [6.07, 6.45) is 6.63. The van der Waals surface area contributed by atoms with Crippen molar-refractivity contribution in [2.75, 3.05) is 6.61 Å². The van der Waals surface area contributed by atoms with Crippen LogP contribution in [0.4, 0.5) is 4.39 Å². The molecule has 0 heterocycles. The van der Waals surface area contributed by atoms with Gasteiger partial charge in [0.05, 0.1) is 6.61 Å². The number of hydrogen-bond donors (Lipinski definition) is 1. The summed E-state index contributed by atoms with van der Waals surface area (Å²) in [7, 11) is 0. The molecule has 0 radical (unpaired) electrons. The second-order valence-corrected chi connectivity index (χ2v) is 5.90. The largest absolute Gasteiger partial charge is 0.493 e. The standard InChI is InChI=1S/C15H20FNO/c16-13-4-5-14(18-10-11-2-1-3-11)12(8-13)9-15(17)6-7-15/h4-5,8,11H,1-3,6-7,9-10,17H2. The molecular weight excluding hydrogens is 229 g/mol. The fourth-order valence-corrected chi connectivity index (χ4v) is 2.41. The van der Waals surface area contributed by atoms with Gasteiger partial charge in [-0.05, 0) is 61.8 Å². The lowest BCUT2D eigenvalue weighted by atomic mass is 9.86. The maximum absolute atomic E-state index is 13.3. The first-order chi connectivity index (χ1) is 8.65. The molecule has 3 heteroatoms. The molecule has 98 valence electrons. The molecule has 0 aromatic heterocycles. The van der Waals surface area contributed by atoms with E-state index in [1.54, 1.807) is 12.1 Å². The quantitative estimate of drug-likeness (QED) is 0.870. The first-order valence-corrected chi connectivity index (χ1v) is 6.85. The van der Waals surface area contributed by atoms with Crippen LogP contribution >= 0.6 is 0 Å². The first-order valence-electron chi connectivity index (χ1n) is 6.85. The van der Waals surface area contributed by atoms with Gasteiger partial charge in [0.2, 0.25) is 0 Å². The highest BCUT2D eigenvalue weighted by molar-refractivity contribution is 5.36. The highest BCUT2D eigenvalue weighted by Crippen LogP contribution is 2.38. The minimum Gasteiger partial charge on any atom is -0.493 e. The fourth-order valence-electron chi connectivity index (χ4n) is 2.41. The Morgan fingerprint density at radius 2 is 2.11 bits per heavy atom. The van der Waals surface area contributed by atoms with Crippen molar-refractivity contribution < 1.29 is 9.13 Å². The van der Waals surface area contributed by atoms with Gasteiger partial charge in [0.15, 0.2) is 0 Å². The molecule has 1 aromatic rings. The second kappa shape index (κ2) is 4.54. The number of ether oxygens (including phenoxy) is 1. The zero-order chi connectivity index (χ0) is 12.6. The summed E-state index contributed by atoms with van der Waals surface area (Å²) >= 11 is 0. The van der Waals surface area contributed by atoms with Crippen molar-refractivity contribution in [3.05, 3.63) is 29.6 Å². The molecule has 3 rings (SSSR count). The maximum atomic E-state index is 13.3. The van der Waals surface area contributed by atoms with Crippen LogP contribution in [-0.4, -0.2) is 12.1 Å². The van der Waals surface area contributed by atoms with Crippen molar-refractivity contribution in [2.24, 2.45) is 11.7 Å². The van der Waals surface area contributed by atoms with E-state index in [2.05, 4.69) is 0 Å². The smallest absolute Gasteiger partial charge is 0.123 e. The fraction of sp³-hybridized carbons (Fsp3) is 0.600. The molecule has 1 aromatic carbocycles. The van der Waals surface area contributed by atoms with Crippen LogP contribution in [0.2, 0.25) is 0 Å². The van der Waals surface area contributed by atoms with Gasteiger partial charge in [0.25, 0.3) is 0 Å². The van der Waals surface area contributed by atoms with Gasteiger partial charge in [0, 0.05) is 5.54 Å². The molecule has 2 nitrogen and oxygen atoms in total. The summed E-state index contributed by atoms with van der Waals surface area (Å²) in [5.74, 6) is 1.31. The third-order valence-electron chi connectivity index (χ3n) is 4.16. The lowest BCUT2D eigenvalue weighted by molar-refractivity contribution is 0.179. The zero-order valence-electron chi connectivity index (χ0n) is 10.6. The van der Waals surface area contributed by atoms with E-state index in [-0.39, 0.29) is 11.4 Å². The van der Waals surface area contributed by atoms with E-state index in [9.17, 15) is 4.39 Å². The summed E-state index contributed by atoms with van der Waals surface area (Å²) in [5.41, 5.74) is 6.93. The molecule has 0 amide bonds. The Kier molecular flexibility index (Phi) is 3.02. The average molecular weight is 249 g/mol. The molecular formula is C15H20FNO. The number of nitrogens with two attached hydrogens (primary N) is 1. The van der Waals surface area contributed by atoms with Crippen LogP contribution in [0.15, 0.2) is 18.2 Å². The van der Waals surface area contributed by atoms with Crippen LogP contribution in [0.1, 0.15) is 37.7 Å². The Hall–Kier alpha value is -1.09. The molecule has 2 N–H and O–H groups in total. The van der Waals surface area contributed by atoms with Crippen molar-refractivity contribution >= 4 is 0 Å². The summed E-state index contributed by atoms with van der Waals surface area (Å²) in [6.45, 7) is 0.760. The minimum absolute atomic E-state index is 0.109. The zero-order valence-corrected chi connectivity index (χ0v) is 10.6. The van der Waals surface area contributed by atoms with Crippen molar-refractivity contribution in [3.8, 4) is 5.75 Å². The van der Waals surface area contributed by atoms with E-state index in [1.807, 2.05) is 0 Å². The summed E-state index contributed by atoms with van der Waals surface area (Å²) in [6, 6.07) is 4.79. The molecule has 2 aliphatic rings.